The van der Waals surface area contributed by atoms with Crippen LogP contribution in [0, 0.1) is 6.92 Å². The van der Waals surface area contributed by atoms with Crippen LogP contribution in [-0.4, -0.2) is 22.7 Å². The number of carbonyl (C=O) groups is 1. The number of carboxylic acids is 1. The van der Waals surface area contributed by atoms with Crippen molar-refractivity contribution in [3.63, 3.8) is 0 Å². The molecule has 0 atom stereocenters. The average molecular weight is 536 g/mol. The van der Waals surface area contributed by atoms with E-state index in [1.54, 1.807) is 0 Å². The molecule has 5 nitrogen and oxygen atoms in total. The minimum absolute atomic E-state index is 0.551. The van der Waals surface area contributed by atoms with Crippen molar-refractivity contribution in [3.8, 4) is 17.2 Å². The maximum atomic E-state index is 9.00. The molecule has 0 aliphatic rings. The average Bonchev–Trinajstić information content (AvgIpc) is 3.32. The molecule has 202 valence electrons. The van der Waals surface area contributed by atoms with Gasteiger partial charge in [-0.1, -0.05) is 68.8 Å². The summed E-state index contributed by atoms with van der Waals surface area (Å²) in [6.07, 6.45) is 3.42. The number of carboxylic acid groups (broad SMARTS) is 1. The molecule has 4 aromatic rings. The predicted molar refractivity (Wildman–Crippen MR) is 155 cm³/mol. The van der Waals surface area contributed by atoms with Crippen molar-refractivity contribution in [2.24, 2.45) is 0 Å². The number of aryl methyl sites for hydroxylation is 4. The molecule has 0 bridgehead atoms. The molecule has 0 aliphatic carbocycles. The van der Waals surface area contributed by atoms with E-state index >= 15 is 0 Å². The molecule has 38 heavy (non-hydrogen) atoms. The summed E-state index contributed by atoms with van der Waals surface area (Å²) in [5.74, 6) is 1.61. The first-order chi connectivity index (χ1) is 18.4. The molecule has 0 saturated carbocycles. The van der Waals surface area contributed by atoms with Gasteiger partial charge >= 0.3 is 0 Å². The van der Waals surface area contributed by atoms with Gasteiger partial charge in [0.15, 0.2) is 0 Å². The molecule has 6 heteroatoms. The quantitative estimate of drug-likeness (QED) is 0.233. The van der Waals surface area contributed by atoms with Crippen LogP contribution in [0.3, 0.4) is 0 Å². The lowest BCUT2D eigenvalue weighted by Gasteiger charge is -2.09. The number of benzene rings is 3. The monoisotopic (exact) mass is 535 g/mol. The Bertz CT molecular complexity index is 1250. The molecule has 0 unspecified atom stereocenters. The van der Waals surface area contributed by atoms with Crippen LogP contribution in [0.2, 0.25) is 5.02 Å². The van der Waals surface area contributed by atoms with Crippen molar-refractivity contribution in [1.29, 1.82) is 0 Å². The summed E-state index contributed by atoms with van der Waals surface area (Å²) in [4.78, 5) is 13.8. The van der Waals surface area contributed by atoms with Crippen LogP contribution in [0.4, 0.5) is 0 Å². The topological polar surface area (TPSA) is 72.6 Å². The molecule has 0 amide bonds. The Morgan fingerprint density at radius 2 is 1.63 bits per heavy atom. The molecule has 0 radical (unpaired) electrons. The summed E-state index contributed by atoms with van der Waals surface area (Å²) in [7, 11) is 0. The third-order valence-electron chi connectivity index (χ3n) is 5.66. The Hall–Kier alpha value is -3.57. The zero-order chi connectivity index (χ0) is 27.9. The number of aliphatic carboxylic acids is 1. The van der Waals surface area contributed by atoms with E-state index in [4.69, 9.17) is 35.6 Å². The van der Waals surface area contributed by atoms with Crippen LogP contribution in [0.1, 0.15) is 55.8 Å². The summed E-state index contributed by atoms with van der Waals surface area (Å²) >= 11 is 6.04. The van der Waals surface area contributed by atoms with E-state index in [-0.39, 0.29) is 0 Å². The molecule has 0 saturated heterocycles. The van der Waals surface area contributed by atoms with Gasteiger partial charge in [-0.3, -0.25) is 4.79 Å². The molecule has 3 aromatic carbocycles. The SMILES string of the molecule is CC.CC(=O)O.CCc1ccc(OCCc2nc(-c3ccc(Cl)cc3)oc2CCc2ccccc2)cc1C. The number of hydrogen-bond acceptors (Lipinski definition) is 4. The van der Waals surface area contributed by atoms with E-state index in [0.717, 1.165) is 49.0 Å². The van der Waals surface area contributed by atoms with E-state index in [1.165, 1.54) is 16.7 Å². The Morgan fingerprint density at radius 3 is 2.24 bits per heavy atom. The van der Waals surface area contributed by atoms with Crippen LogP contribution in [0.25, 0.3) is 11.5 Å². The van der Waals surface area contributed by atoms with Crippen LogP contribution in [0.15, 0.2) is 77.2 Å². The molecule has 0 aliphatic heterocycles. The lowest BCUT2D eigenvalue weighted by Crippen LogP contribution is -2.05. The van der Waals surface area contributed by atoms with Gasteiger partial charge < -0.3 is 14.3 Å². The fourth-order valence-electron chi connectivity index (χ4n) is 3.81. The molecular weight excluding hydrogens is 498 g/mol. The summed E-state index contributed by atoms with van der Waals surface area (Å²) in [6, 6.07) is 24.3. The molecule has 0 spiro atoms. The highest BCUT2D eigenvalue weighted by atomic mass is 35.5. The van der Waals surface area contributed by atoms with Crippen molar-refractivity contribution in [2.45, 2.75) is 60.3 Å². The second-order valence-corrected chi connectivity index (χ2v) is 8.88. The van der Waals surface area contributed by atoms with E-state index < -0.39 is 5.97 Å². The van der Waals surface area contributed by atoms with Crippen LogP contribution in [0.5, 0.6) is 5.75 Å². The van der Waals surface area contributed by atoms with Crippen molar-refractivity contribution < 1.29 is 19.1 Å². The van der Waals surface area contributed by atoms with Gasteiger partial charge in [0.1, 0.15) is 11.5 Å². The lowest BCUT2D eigenvalue weighted by molar-refractivity contribution is -0.134. The van der Waals surface area contributed by atoms with Crippen molar-refractivity contribution >= 4 is 17.6 Å². The van der Waals surface area contributed by atoms with Gasteiger partial charge in [0, 0.05) is 30.4 Å². The molecule has 1 aromatic heterocycles. The smallest absolute Gasteiger partial charge is 0.300 e. The maximum Gasteiger partial charge on any atom is 0.300 e. The number of halogens is 1. The molecule has 0 fully saturated rings. The van der Waals surface area contributed by atoms with Crippen molar-refractivity contribution in [2.75, 3.05) is 6.61 Å². The zero-order valence-electron chi connectivity index (χ0n) is 23.0. The number of ether oxygens (including phenoxy) is 1. The number of nitrogens with zero attached hydrogens (tertiary/aromatic N) is 1. The number of rotatable bonds is 9. The van der Waals surface area contributed by atoms with Crippen LogP contribution in [-0.2, 0) is 30.5 Å². The first-order valence-electron chi connectivity index (χ1n) is 13.1. The summed E-state index contributed by atoms with van der Waals surface area (Å²) in [5, 5.41) is 8.11. The summed E-state index contributed by atoms with van der Waals surface area (Å²) in [6.45, 7) is 9.93. The summed E-state index contributed by atoms with van der Waals surface area (Å²) < 4.78 is 12.2. The highest BCUT2D eigenvalue weighted by Crippen LogP contribution is 2.25. The van der Waals surface area contributed by atoms with Gasteiger partial charge in [-0.2, -0.15) is 0 Å². The molecule has 1 N–H and O–H groups in total. The first-order valence-corrected chi connectivity index (χ1v) is 13.4. The Morgan fingerprint density at radius 1 is 0.974 bits per heavy atom. The normalized spacial score (nSPS) is 10.1. The van der Waals surface area contributed by atoms with E-state index in [2.05, 4.69) is 50.2 Å². The third kappa shape index (κ3) is 10.1. The second kappa shape index (κ2) is 16.3. The number of oxazole rings is 1. The van der Waals surface area contributed by atoms with Crippen molar-refractivity contribution in [1.82, 2.24) is 4.98 Å². The predicted octanol–water partition coefficient (Wildman–Crippen LogP) is 8.39. The zero-order valence-corrected chi connectivity index (χ0v) is 23.7. The fraction of sp³-hybridized carbons (Fsp3) is 0.312. The number of aromatic nitrogens is 1. The third-order valence-corrected chi connectivity index (χ3v) is 5.91. The van der Waals surface area contributed by atoms with Crippen LogP contribution >= 0.6 is 11.6 Å². The van der Waals surface area contributed by atoms with Gasteiger partial charge in [0.25, 0.3) is 5.97 Å². The minimum Gasteiger partial charge on any atom is -0.493 e. The van der Waals surface area contributed by atoms with Gasteiger partial charge in [0.05, 0.1) is 12.3 Å². The van der Waals surface area contributed by atoms with E-state index in [1.807, 2.05) is 50.2 Å². The number of hydrogen-bond donors (Lipinski definition) is 1. The van der Waals surface area contributed by atoms with Gasteiger partial charge in [-0.15, -0.1) is 0 Å². The van der Waals surface area contributed by atoms with Gasteiger partial charge in [-0.25, -0.2) is 4.98 Å². The Kier molecular flexibility index (Phi) is 13.2. The Balaban J connectivity index is 0.000000773. The highest BCUT2D eigenvalue weighted by molar-refractivity contribution is 6.30. The second-order valence-electron chi connectivity index (χ2n) is 8.44. The molecule has 1 heterocycles. The van der Waals surface area contributed by atoms with E-state index in [0.29, 0.717) is 23.9 Å². The molecule has 4 rings (SSSR count). The van der Waals surface area contributed by atoms with Crippen LogP contribution < -0.4 is 4.74 Å². The fourth-order valence-corrected chi connectivity index (χ4v) is 3.94. The highest BCUT2D eigenvalue weighted by Gasteiger charge is 2.15. The largest absolute Gasteiger partial charge is 0.493 e. The first kappa shape index (κ1) is 30.7. The minimum atomic E-state index is -0.833. The Labute approximate surface area is 231 Å². The van der Waals surface area contributed by atoms with Crippen molar-refractivity contribution in [3.05, 3.63) is 106 Å². The standard InChI is InChI=1S/C28H28ClNO2.C2H4O2.C2H6/c1-3-22-12-15-25(19-20(22)2)31-18-17-26-27(16-9-21-7-5-4-6-8-21)32-28(30-26)23-10-13-24(29)14-11-23;1-2(3)4;1-2/h4-8,10-15,19H,3,9,16-18H2,1-2H3;1H3,(H,3,4);1-2H3. The molecular formula is C32H38ClNO4. The van der Waals surface area contributed by atoms with Gasteiger partial charge in [0.2, 0.25) is 5.89 Å². The van der Waals surface area contributed by atoms with E-state index in [9.17, 15) is 0 Å². The van der Waals surface area contributed by atoms with Gasteiger partial charge in [-0.05, 0) is 72.9 Å². The lowest BCUT2D eigenvalue weighted by atomic mass is 10.1. The maximum absolute atomic E-state index is 9.00. The summed E-state index contributed by atoms with van der Waals surface area (Å²) in [5.41, 5.74) is 5.77.